The lowest BCUT2D eigenvalue weighted by Crippen LogP contribution is -2.54. The van der Waals surface area contributed by atoms with Gasteiger partial charge in [0.2, 0.25) is 17.8 Å². The molecule has 0 spiro atoms. The molecule has 0 aliphatic carbocycles. The molecule has 4 amide bonds. The number of fused-ring (bicyclic) bond motifs is 2. The highest BCUT2D eigenvalue weighted by molar-refractivity contribution is 6.23. The standard InChI is InChI=1S/C44H47FN6O11/c1-56-32-7-12-39-48-37(28-50(39)27-32)36-10-4-29(26-46-36)33-8-5-30(47-41(33)45)3-2-14-57-15-16-58-17-18-59-19-20-60-21-22-61-23-24-62-31-6-9-34-35(25-31)44(55)51(43(34)54)38-11-13-40(52)49-42(38)53/h4-10,12,25-28,38H,2-3,11,13-24H2,1H3,(H,49,52,53). The Morgan fingerprint density at radius 1 is 0.694 bits per heavy atom. The zero-order valence-corrected chi connectivity index (χ0v) is 34.2. The number of aromatic nitrogens is 4. The largest absolute Gasteiger partial charge is 0.495 e. The molecule has 17 nitrogen and oxygen atoms in total. The van der Waals surface area contributed by atoms with Crippen LogP contribution in [0.1, 0.15) is 45.7 Å². The third kappa shape index (κ3) is 11.2. The molecule has 1 saturated heterocycles. The van der Waals surface area contributed by atoms with Gasteiger partial charge >= 0.3 is 0 Å². The van der Waals surface area contributed by atoms with Crippen LogP contribution in [-0.4, -0.2) is 134 Å². The molecule has 0 radical (unpaired) electrons. The molecular formula is C44H47FN6O11. The van der Waals surface area contributed by atoms with Gasteiger partial charge in [0.15, 0.2) is 0 Å². The summed E-state index contributed by atoms with van der Waals surface area (Å²) in [5.41, 5.74) is 4.12. The summed E-state index contributed by atoms with van der Waals surface area (Å²) in [5, 5.41) is 2.18. The van der Waals surface area contributed by atoms with Crippen LogP contribution in [0, 0.1) is 5.95 Å². The lowest BCUT2D eigenvalue weighted by atomic mass is 10.0. The number of ether oxygens (including phenoxy) is 7. The third-order valence-electron chi connectivity index (χ3n) is 10.0. The number of nitrogens with zero attached hydrogens (tertiary/aromatic N) is 5. The monoisotopic (exact) mass is 854 g/mol. The van der Waals surface area contributed by atoms with Gasteiger partial charge in [0.05, 0.1) is 89.6 Å². The van der Waals surface area contributed by atoms with Crippen molar-refractivity contribution in [2.45, 2.75) is 31.7 Å². The molecule has 62 heavy (non-hydrogen) atoms. The van der Waals surface area contributed by atoms with Crippen LogP contribution < -0.4 is 14.8 Å². The van der Waals surface area contributed by atoms with E-state index in [1.807, 2.05) is 47.1 Å². The van der Waals surface area contributed by atoms with E-state index in [2.05, 4.69) is 20.3 Å². The predicted octanol–water partition coefficient (Wildman–Crippen LogP) is 4.10. The van der Waals surface area contributed by atoms with Gasteiger partial charge < -0.3 is 37.6 Å². The average molecular weight is 855 g/mol. The lowest BCUT2D eigenvalue weighted by Gasteiger charge is -2.27. The summed E-state index contributed by atoms with van der Waals surface area (Å²) in [5.74, 6) is -1.69. The van der Waals surface area contributed by atoms with E-state index in [0.29, 0.717) is 106 Å². The van der Waals surface area contributed by atoms with Crippen LogP contribution in [0.15, 0.2) is 73.2 Å². The summed E-state index contributed by atoms with van der Waals surface area (Å²) < 4.78 is 55.6. The molecule has 7 rings (SSSR count). The van der Waals surface area contributed by atoms with Crippen LogP contribution in [0.25, 0.3) is 28.2 Å². The number of halogens is 1. The smallest absolute Gasteiger partial charge is 0.262 e. The molecule has 2 aliphatic heterocycles. The van der Waals surface area contributed by atoms with Gasteiger partial charge in [0.1, 0.15) is 35.5 Å². The highest BCUT2D eigenvalue weighted by Crippen LogP contribution is 2.30. The molecule has 1 unspecified atom stereocenters. The first-order chi connectivity index (χ1) is 30.3. The number of imide groups is 2. The minimum absolute atomic E-state index is 0.0545. The summed E-state index contributed by atoms with van der Waals surface area (Å²) in [7, 11) is 1.61. The second-order valence-electron chi connectivity index (χ2n) is 14.2. The van der Waals surface area contributed by atoms with Gasteiger partial charge in [-0.1, -0.05) is 6.07 Å². The molecule has 4 aromatic heterocycles. The van der Waals surface area contributed by atoms with Crippen molar-refractivity contribution in [3.63, 3.8) is 0 Å². The van der Waals surface area contributed by atoms with Crippen molar-refractivity contribution >= 4 is 29.3 Å². The van der Waals surface area contributed by atoms with E-state index in [1.165, 1.54) is 12.1 Å². The number of piperidine rings is 1. The SMILES string of the molecule is COc1ccc2nc(-c3ccc(-c4ccc(CCCOCCOCCOCCOCCOCCOc5ccc6c(c5)C(=O)N(C5CCC(=O)NC5=O)C6=O)nc4F)cn3)cn2c1. The van der Waals surface area contributed by atoms with E-state index in [-0.39, 0.29) is 37.2 Å². The van der Waals surface area contributed by atoms with E-state index >= 15 is 0 Å². The topological polar surface area (TPSA) is 191 Å². The van der Waals surface area contributed by atoms with Crippen LogP contribution in [0.2, 0.25) is 0 Å². The zero-order chi connectivity index (χ0) is 43.3. The number of hydrogen-bond acceptors (Lipinski definition) is 14. The normalized spacial score (nSPS) is 15.1. The fraction of sp³-hybridized carbons (Fsp3) is 0.386. The molecule has 5 aromatic rings. The van der Waals surface area contributed by atoms with Crippen molar-refractivity contribution in [3.8, 4) is 34.0 Å². The number of hydrogen-bond donors (Lipinski definition) is 1. The Hall–Kier alpha value is -6.18. The number of pyridine rings is 3. The van der Waals surface area contributed by atoms with E-state index in [1.54, 1.807) is 25.4 Å². The number of aryl methyl sites for hydroxylation is 1. The first-order valence-electron chi connectivity index (χ1n) is 20.3. The summed E-state index contributed by atoms with van der Waals surface area (Å²) in [6, 6.07) is 14.4. The molecule has 326 valence electrons. The number of nitrogens with one attached hydrogen (secondary N) is 1. The summed E-state index contributed by atoms with van der Waals surface area (Å²) >= 11 is 0. The van der Waals surface area contributed by atoms with Gasteiger partial charge in [0, 0.05) is 42.2 Å². The fourth-order valence-electron chi connectivity index (χ4n) is 6.84. The predicted molar refractivity (Wildman–Crippen MR) is 219 cm³/mol. The Labute approximate surface area is 356 Å². The number of rotatable bonds is 24. The number of carbonyl (C=O) groups excluding carboxylic acids is 4. The van der Waals surface area contributed by atoms with Crippen molar-refractivity contribution in [1.82, 2.24) is 29.6 Å². The van der Waals surface area contributed by atoms with Crippen LogP contribution in [-0.2, 0) is 39.7 Å². The van der Waals surface area contributed by atoms with Gasteiger partial charge in [-0.2, -0.15) is 4.39 Å². The molecule has 1 fully saturated rings. The number of carbonyl (C=O) groups is 4. The van der Waals surface area contributed by atoms with Gasteiger partial charge in [0.25, 0.3) is 11.8 Å². The highest BCUT2D eigenvalue weighted by Gasteiger charge is 2.44. The molecule has 1 N–H and O–H groups in total. The Balaban J connectivity index is 0.664. The number of benzene rings is 1. The quantitative estimate of drug-likeness (QED) is 0.0530. The molecule has 18 heteroatoms. The summed E-state index contributed by atoms with van der Waals surface area (Å²) in [4.78, 5) is 63.7. The Morgan fingerprint density at radius 2 is 1.35 bits per heavy atom. The maximum absolute atomic E-state index is 15.0. The van der Waals surface area contributed by atoms with Gasteiger partial charge in [-0.3, -0.25) is 34.4 Å². The minimum atomic E-state index is -1.02. The van der Waals surface area contributed by atoms with Gasteiger partial charge in [-0.15, -0.1) is 0 Å². The fourth-order valence-corrected chi connectivity index (χ4v) is 6.84. The maximum Gasteiger partial charge on any atom is 0.262 e. The Bertz CT molecular complexity index is 2360. The summed E-state index contributed by atoms with van der Waals surface area (Å²) in [6.45, 7) is 4.19. The first-order valence-corrected chi connectivity index (χ1v) is 20.3. The molecule has 0 bridgehead atoms. The molecule has 6 heterocycles. The Kier molecular flexibility index (Phi) is 15.3. The number of imidazole rings is 1. The van der Waals surface area contributed by atoms with Crippen molar-refractivity contribution in [2.75, 3.05) is 79.8 Å². The van der Waals surface area contributed by atoms with E-state index in [4.69, 9.17) is 33.2 Å². The second kappa shape index (κ2) is 21.6. The van der Waals surface area contributed by atoms with Crippen molar-refractivity contribution < 1.29 is 56.7 Å². The highest BCUT2D eigenvalue weighted by atomic mass is 19.1. The lowest BCUT2D eigenvalue weighted by molar-refractivity contribution is -0.136. The first kappa shape index (κ1) is 43.9. The zero-order valence-electron chi connectivity index (χ0n) is 34.2. The van der Waals surface area contributed by atoms with E-state index in [0.717, 1.165) is 16.3 Å². The minimum Gasteiger partial charge on any atom is -0.495 e. The van der Waals surface area contributed by atoms with Gasteiger partial charge in [-0.05, 0) is 67.8 Å². The second-order valence-corrected chi connectivity index (χ2v) is 14.2. The van der Waals surface area contributed by atoms with Crippen molar-refractivity contribution in [1.29, 1.82) is 0 Å². The third-order valence-corrected chi connectivity index (χ3v) is 10.0. The van der Waals surface area contributed by atoms with Crippen LogP contribution in [0.5, 0.6) is 11.5 Å². The van der Waals surface area contributed by atoms with Crippen molar-refractivity contribution in [2.24, 2.45) is 0 Å². The van der Waals surface area contributed by atoms with Crippen LogP contribution in [0.4, 0.5) is 4.39 Å². The number of amides is 4. The van der Waals surface area contributed by atoms with E-state index < -0.39 is 35.6 Å². The molecule has 1 atom stereocenters. The summed E-state index contributed by atoms with van der Waals surface area (Å²) in [6.07, 6.45) is 6.74. The van der Waals surface area contributed by atoms with Gasteiger partial charge in [-0.25, -0.2) is 9.97 Å². The van der Waals surface area contributed by atoms with Crippen molar-refractivity contribution in [3.05, 3.63) is 96.0 Å². The van der Waals surface area contributed by atoms with E-state index in [9.17, 15) is 23.6 Å². The molecular weight excluding hydrogens is 808 g/mol. The maximum atomic E-state index is 15.0. The molecule has 1 aromatic carbocycles. The average Bonchev–Trinajstić information content (AvgIpc) is 3.81. The van der Waals surface area contributed by atoms with Crippen LogP contribution >= 0.6 is 0 Å². The molecule has 0 saturated carbocycles. The number of methoxy groups -OCH3 is 1. The molecule has 2 aliphatic rings. The van der Waals surface area contributed by atoms with Crippen LogP contribution in [0.3, 0.4) is 0 Å². The Morgan fingerprint density at radius 3 is 2.02 bits per heavy atom.